The predicted molar refractivity (Wildman–Crippen MR) is 96.5 cm³/mol. The van der Waals surface area contributed by atoms with E-state index in [1.807, 2.05) is 18.2 Å². The van der Waals surface area contributed by atoms with Crippen LogP contribution in [0.1, 0.15) is 18.4 Å². The van der Waals surface area contributed by atoms with E-state index < -0.39 is 11.7 Å². The van der Waals surface area contributed by atoms with Gasteiger partial charge in [0.25, 0.3) is 0 Å². The lowest BCUT2D eigenvalue weighted by atomic mass is 9.95. The molecular formula is C19H18ClF3N2O. The number of hydrogen-bond donors (Lipinski definition) is 1. The van der Waals surface area contributed by atoms with Gasteiger partial charge in [-0.05, 0) is 49.2 Å². The molecule has 7 heteroatoms. The maximum atomic E-state index is 12.8. The van der Waals surface area contributed by atoms with E-state index in [9.17, 15) is 18.0 Å². The van der Waals surface area contributed by atoms with E-state index >= 15 is 0 Å². The van der Waals surface area contributed by atoms with Crippen LogP contribution in [-0.2, 0) is 11.0 Å². The highest BCUT2D eigenvalue weighted by Crippen LogP contribution is 2.31. The van der Waals surface area contributed by atoms with Crippen molar-refractivity contribution in [1.29, 1.82) is 0 Å². The number of nitrogens with one attached hydrogen (secondary N) is 1. The molecule has 3 rings (SSSR count). The molecule has 1 N–H and O–H groups in total. The minimum absolute atomic E-state index is 0.169. The second-order valence-electron chi connectivity index (χ2n) is 6.31. The third-order valence-corrected chi connectivity index (χ3v) is 4.73. The summed E-state index contributed by atoms with van der Waals surface area (Å²) < 4.78 is 38.3. The fourth-order valence-electron chi connectivity index (χ4n) is 3.09. The zero-order valence-electron chi connectivity index (χ0n) is 13.9. The molecule has 1 aliphatic rings. The number of hydrogen-bond acceptors (Lipinski definition) is 2. The molecular weight excluding hydrogens is 365 g/mol. The maximum absolute atomic E-state index is 12.8. The van der Waals surface area contributed by atoms with Crippen LogP contribution < -0.4 is 10.2 Å². The van der Waals surface area contributed by atoms with Crippen molar-refractivity contribution in [2.75, 3.05) is 23.3 Å². The van der Waals surface area contributed by atoms with Gasteiger partial charge in [-0.15, -0.1) is 0 Å². The lowest BCUT2D eigenvalue weighted by Gasteiger charge is -2.33. The lowest BCUT2D eigenvalue weighted by Crippen LogP contribution is -2.38. The predicted octanol–water partition coefficient (Wildman–Crippen LogP) is 5.21. The number of nitrogens with zero attached hydrogens (tertiary/aromatic N) is 1. The number of anilines is 2. The summed E-state index contributed by atoms with van der Waals surface area (Å²) in [5, 5.41) is 3.27. The zero-order chi connectivity index (χ0) is 18.7. The molecule has 1 saturated heterocycles. The second kappa shape index (κ2) is 7.58. The SMILES string of the molecule is O=C(Nc1cccc(C(F)(F)F)c1)C1CCN(c2cccc(Cl)c2)CC1. The molecule has 0 aliphatic carbocycles. The van der Waals surface area contributed by atoms with Gasteiger partial charge < -0.3 is 10.2 Å². The largest absolute Gasteiger partial charge is 0.416 e. The Morgan fingerprint density at radius 2 is 1.77 bits per heavy atom. The van der Waals surface area contributed by atoms with Crippen LogP contribution >= 0.6 is 11.6 Å². The molecule has 26 heavy (non-hydrogen) atoms. The van der Waals surface area contributed by atoms with Crippen LogP contribution in [0.3, 0.4) is 0 Å². The summed E-state index contributed by atoms with van der Waals surface area (Å²) in [5.74, 6) is -0.463. The monoisotopic (exact) mass is 382 g/mol. The van der Waals surface area contributed by atoms with Crippen molar-refractivity contribution in [2.45, 2.75) is 19.0 Å². The Morgan fingerprint density at radius 1 is 1.08 bits per heavy atom. The van der Waals surface area contributed by atoms with Crippen LogP contribution in [0.4, 0.5) is 24.5 Å². The quantitative estimate of drug-likeness (QED) is 0.789. The number of piperidine rings is 1. The Morgan fingerprint density at radius 3 is 2.42 bits per heavy atom. The summed E-state index contributed by atoms with van der Waals surface area (Å²) >= 11 is 6.01. The minimum Gasteiger partial charge on any atom is -0.371 e. The van der Waals surface area contributed by atoms with Gasteiger partial charge in [-0.1, -0.05) is 23.7 Å². The van der Waals surface area contributed by atoms with Crippen molar-refractivity contribution >= 4 is 28.9 Å². The molecule has 0 atom stereocenters. The van der Waals surface area contributed by atoms with Crippen molar-refractivity contribution in [3.8, 4) is 0 Å². The number of amides is 1. The first-order chi connectivity index (χ1) is 12.3. The van der Waals surface area contributed by atoms with Crippen molar-refractivity contribution < 1.29 is 18.0 Å². The van der Waals surface area contributed by atoms with E-state index in [0.717, 1.165) is 17.8 Å². The van der Waals surface area contributed by atoms with Crippen molar-refractivity contribution in [2.24, 2.45) is 5.92 Å². The van der Waals surface area contributed by atoms with Gasteiger partial charge in [-0.25, -0.2) is 0 Å². The first kappa shape index (κ1) is 18.6. The van der Waals surface area contributed by atoms with Gasteiger partial charge in [0, 0.05) is 35.4 Å². The molecule has 0 saturated carbocycles. The molecule has 1 fully saturated rings. The number of halogens is 4. The van der Waals surface area contributed by atoms with Crippen LogP contribution in [0.25, 0.3) is 0 Å². The highest BCUT2D eigenvalue weighted by molar-refractivity contribution is 6.30. The Labute approximate surface area is 154 Å². The highest BCUT2D eigenvalue weighted by Gasteiger charge is 2.31. The number of alkyl halides is 3. The van der Waals surface area contributed by atoms with Gasteiger partial charge in [0.1, 0.15) is 0 Å². The van der Waals surface area contributed by atoms with E-state index in [4.69, 9.17) is 11.6 Å². The number of rotatable bonds is 3. The summed E-state index contributed by atoms with van der Waals surface area (Å²) in [4.78, 5) is 14.5. The van der Waals surface area contributed by atoms with Crippen molar-refractivity contribution in [3.05, 3.63) is 59.1 Å². The number of benzene rings is 2. The fourth-order valence-corrected chi connectivity index (χ4v) is 3.27. The Bertz CT molecular complexity index is 786. The summed E-state index contributed by atoms with van der Waals surface area (Å²) in [6.07, 6.45) is -3.16. The normalized spacial score (nSPS) is 15.8. The first-order valence-electron chi connectivity index (χ1n) is 8.31. The molecule has 1 amide bonds. The Kier molecular flexibility index (Phi) is 5.41. The maximum Gasteiger partial charge on any atom is 0.416 e. The molecule has 0 bridgehead atoms. The molecule has 2 aromatic rings. The van der Waals surface area contributed by atoms with Crippen LogP contribution in [-0.4, -0.2) is 19.0 Å². The van der Waals surface area contributed by atoms with E-state index in [2.05, 4.69) is 10.2 Å². The third-order valence-electron chi connectivity index (χ3n) is 4.50. The average Bonchev–Trinajstić information content (AvgIpc) is 2.61. The molecule has 0 spiro atoms. The van der Waals surface area contributed by atoms with Crippen LogP contribution in [0.2, 0.25) is 5.02 Å². The molecule has 1 heterocycles. The van der Waals surface area contributed by atoms with Gasteiger partial charge >= 0.3 is 6.18 Å². The van der Waals surface area contributed by atoms with Gasteiger partial charge in [0.15, 0.2) is 0 Å². The van der Waals surface area contributed by atoms with Gasteiger partial charge in [0.2, 0.25) is 5.91 Å². The van der Waals surface area contributed by atoms with E-state index in [-0.39, 0.29) is 17.5 Å². The van der Waals surface area contributed by atoms with E-state index in [1.54, 1.807) is 6.07 Å². The smallest absolute Gasteiger partial charge is 0.371 e. The Hall–Kier alpha value is -2.21. The molecule has 1 aliphatic heterocycles. The highest BCUT2D eigenvalue weighted by atomic mass is 35.5. The van der Waals surface area contributed by atoms with Gasteiger partial charge in [-0.2, -0.15) is 13.2 Å². The molecule has 0 radical (unpaired) electrons. The lowest BCUT2D eigenvalue weighted by molar-refractivity contribution is -0.137. The minimum atomic E-state index is -4.43. The second-order valence-corrected chi connectivity index (χ2v) is 6.75. The molecule has 3 nitrogen and oxygen atoms in total. The van der Waals surface area contributed by atoms with Crippen LogP contribution in [0.5, 0.6) is 0 Å². The van der Waals surface area contributed by atoms with E-state index in [1.165, 1.54) is 12.1 Å². The molecule has 0 unspecified atom stereocenters. The standard InChI is InChI=1S/C19H18ClF3N2O/c20-15-4-2-6-17(12-15)25-9-7-13(8-10-25)18(26)24-16-5-1-3-14(11-16)19(21,22)23/h1-6,11-13H,7-10H2,(H,24,26). The van der Waals surface area contributed by atoms with Crippen molar-refractivity contribution in [1.82, 2.24) is 0 Å². The third kappa shape index (κ3) is 4.49. The number of carbonyl (C=O) groups is 1. The molecule has 138 valence electrons. The summed E-state index contributed by atoms with van der Waals surface area (Å²) in [6, 6.07) is 12.2. The summed E-state index contributed by atoms with van der Waals surface area (Å²) in [5.41, 5.74) is 0.405. The fraction of sp³-hybridized carbons (Fsp3) is 0.316. The summed E-state index contributed by atoms with van der Waals surface area (Å²) in [6.45, 7) is 1.39. The Balaban J connectivity index is 1.59. The number of carbonyl (C=O) groups excluding carboxylic acids is 1. The molecule has 2 aromatic carbocycles. The van der Waals surface area contributed by atoms with Gasteiger partial charge in [-0.3, -0.25) is 4.79 Å². The topological polar surface area (TPSA) is 32.3 Å². The molecule has 0 aromatic heterocycles. The van der Waals surface area contributed by atoms with Crippen LogP contribution in [0, 0.1) is 5.92 Å². The van der Waals surface area contributed by atoms with E-state index in [0.29, 0.717) is 31.0 Å². The summed E-state index contributed by atoms with van der Waals surface area (Å²) in [7, 11) is 0. The van der Waals surface area contributed by atoms with Crippen LogP contribution in [0.15, 0.2) is 48.5 Å². The zero-order valence-corrected chi connectivity index (χ0v) is 14.6. The van der Waals surface area contributed by atoms with Gasteiger partial charge in [0.05, 0.1) is 5.56 Å². The average molecular weight is 383 g/mol. The van der Waals surface area contributed by atoms with Crippen molar-refractivity contribution in [3.63, 3.8) is 0 Å². The first-order valence-corrected chi connectivity index (χ1v) is 8.69.